The van der Waals surface area contributed by atoms with E-state index in [1.54, 1.807) is 0 Å². The summed E-state index contributed by atoms with van der Waals surface area (Å²) in [7, 11) is -2.84. The highest BCUT2D eigenvalue weighted by Crippen LogP contribution is 2.24. The van der Waals surface area contributed by atoms with E-state index in [4.69, 9.17) is 0 Å². The minimum Gasteiger partial charge on any atom is -0.313 e. The van der Waals surface area contributed by atoms with E-state index in [0.717, 1.165) is 45.1 Å². The van der Waals surface area contributed by atoms with Gasteiger partial charge in [-0.15, -0.1) is 0 Å². The Hall–Kier alpha value is -0.0900. The number of hydrogen-bond acceptors (Lipinski definition) is 3. The second-order valence-corrected chi connectivity index (χ2v) is 7.05. The van der Waals surface area contributed by atoms with Gasteiger partial charge in [0, 0.05) is 6.04 Å². The molecule has 1 aliphatic heterocycles. The first-order valence-electron chi connectivity index (χ1n) is 6.56. The van der Waals surface area contributed by atoms with Crippen molar-refractivity contribution in [1.82, 2.24) is 5.32 Å². The molecule has 0 bridgehead atoms. The molecule has 0 radical (unpaired) electrons. The van der Waals surface area contributed by atoms with Gasteiger partial charge in [-0.1, -0.05) is 33.1 Å². The molecular formula is C12H25NO2S. The van der Waals surface area contributed by atoms with Gasteiger partial charge in [0.2, 0.25) is 0 Å². The fraction of sp³-hybridized carbons (Fsp3) is 1.00. The van der Waals surface area contributed by atoms with Crippen LogP contribution in [0.1, 0.15) is 52.4 Å². The van der Waals surface area contributed by atoms with E-state index in [0.29, 0.717) is 5.75 Å². The number of unbranched alkanes of at least 4 members (excludes halogenated alkanes) is 1. The first kappa shape index (κ1) is 14.0. The van der Waals surface area contributed by atoms with Crippen molar-refractivity contribution in [2.45, 2.75) is 63.7 Å². The number of sulfone groups is 1. The summed E-state index contributed by atoms with van der Waals surface area (Å²) in [4.78, 5) is 0. The third kappa shape index (κ3) is 3.74. The number of nitrogens with one attached hydrogen (secondary N) is 1. The van der Waals surface area contributed by atoms with E-state index >= 15 is 0 Å². The van der Waals surface area contributed by atoms with Crippen LogP contribution >= 0.6 is 0 Å². The highest BCUT2D eigenvalue weighted by atomic mass is 32.2. The molecule has 0 aromatic carbocycles. The van der Waals surface area contributed by atoms with Crippen LogP contribution in [0.5, 0.6) is 0 Å². The van der Waals surface area contributed by atoms with Gasteiger partial charge in [-0.05, 0) is 25.8 Å². The summed E-state index contributed by atoms with van der Waals surface area (Å²) in [5.74, 6) is 0.395. The van der Waals surface area contributed by atoms with E-state index in [1.165, 1.54) is 0 Å². The average molecular weight is 247 g/mol. The molecule has 1 rings (SSSR count). The SMILES string of the molecule is CCCCC(NCC)C1CCCCS1(=O)=O. The van der Waals surface area contributed by atoms with E-state index in [9.17, 15) is 8.42 Å². The maximum Gasteiger partial charge on any atom is 0.154 e. The van der Waals surface area contributed by atoms with Crippen molar-refractivity contribution in [2.24, 2.45) is 0 Å². The fourth-order valence-corrected chi connectivity index (χ4v) is 4.70. The van der Waals surface area contributed by atoms with E-state index in [-0.39, 0.29) is 11.3 Å². The Balaban J connectivity index is 2.67. The van der Waals surface area contributed by atoms with Gasteiger partial charge in [0.25, 0.3) is 0 Å². The van der Waals surface area contributed by atoms with Gasteiger partial charge in [0.15, 0.2) is 9.84 Å². The van der Waals surface area contributed by atoms with Crippen LogP contribution in [0.3, 0.4) is 0 Å². The van der Waals surface area contributed by atoms with Crippen LogP contribution in [0.4, 0.5) is 0 Å². The van der Waals surface area contributed by atoms with Crippen molar-refractivity contribution < 1.29 is 8.42 Å². The van der Waals surface area contributed by atoms with Gasteiger partial charge >= 0.3 is 0 Å². The van der Waals surface area contributed by atoms with Gasteiger partial charge in [-0.3, -0.25) is 0 Å². The van der Waals surface area contributed by atoms with Gasteiger partial charge in [-0.25, -0.2) is 8.42 Å². The van der Waals surface area contributed by atoms with Crippen molar-refractivity contribution in [3.63, 3.8) is 0 Å². The zero-order valence-corrected chi connectivity index (χ0v) is 11.4. The van der Waals surface area contributed by atoms with Crippen LogP contribution in [-0.2, 0) is 9.84 Å². The Morgan fingerprint density at radius 1 is 1.31 bits per heavy atom. The minimum atomic E-state index is -2.84. The first-order chi connectivity index (χ1) is 7.61. The van der Waals surface area contributed by atoms with Crippen LogP contribution in [0.15, 0.2) is 0 Å². The molecule has 1 fully saturated rings. The summed E-state index contributed by atoms with van der Waals surface area (Å²) in [6.07, 6.45) is 6.01. The number of rotatable bonds is 6. The predicted molar refractivity (Wildman–Crippen MR) is 68.4 cm³/mol. The summed E-state index contributed by atoms with van der Waals surface area (Å²) in [5.41, 5.74) is 0. The molecule has 0 saturated carbocycles. The van der Waals surface area contributed by atoms with Crippen LogP contribution in [-0.4, -0.2) is 32.0 Å². The largest absolute Gasteiger partial charge is 0.313 e. The first-order valence-corrected chi connectivity index (χ1v) is 8.28. The molecule has 4 heteroatoms. The average Bonchev–Trinajstić information content (AvgIpc) is 2.24. The summed E-state index contributed by atoms with van der Waals surface area (Å²) >= 11 is 0. The molecule has 1 aliphatic rings. The van der Waals surface area contributed by atoms with Crippen molar-refractivity contribution in [1.29, 1.82) is 0 Å². The second-order valence-electron chi connectivity index (χ2n) is 4.71. The van der Waals surface area contributed by atoms with Crippen molar-refractivity contribution in [2.75, 3.05) is 12.3 Å². The molecule has 1 saturated heterocycles. The van der Waals surface area contributed by atoms with Crippen LogP contribution in [0.2, 0.25) is 0 Å². The highest BCUT2D eigenvalue weighted by Gasteiger charge is 2.34. The van der Waals surface area contributed by atoms with Crippen molar-refractivity contribution >= 4 is 9.84 Å². The lowest BCUT2D eigenvalue weighted by Crippen LogP contribution is -2.46. The smallest absolute Gasteiger partial charge is 0.154 e. The van der Waals surface area contributed by atoms with E-state index in [1.807, 2.05) is 6.92 Å². The molecule has 1 N–H and O–H groups in total. The molecule has 0 spiro atoms. The molecule has 1 heterocycles. The van der Waals surface area contributed by atoms with Gasteiger partial charge < -0.3 is 5.32 Å². The molecule has 3 nitrogen and oxygen atoms in total. The summed E-state index contributed by atoms with van der Waals surface area (Å²) in [5, 5.41) is 3.23. The van der Waals surface area contributed by atoms with Crippen molar-refractivity contribution in [3.05, 3.63) is 0 Å². The quantitative estimate of drug-likeness (QED) is 0.782. The molecule has 0 aromatic rings. The van der Waals surface area contributed by atoms with Gasteiger partial charge in [-0.2, -0.15) is 0 Å². The Morgan fingerprint density at radius 2 is 2.06 bits per heavy atom. The zero-order chi connectivity index (χ0) is 12.0. The summed E-state index contributed by atoms with van der Waals surface area (Å²) < 4.78 is 24.0. The van der Waals surface area contributed by atoms with Crippen LogP contribution in [0, 0.1) is 0 Å². The molecule has 96 valence electrons. The van der Waals surface area contributed by atoms with Crippen molar-refractivity contribution in [3.8, 4) is 0 Å². The lowest BCUT2D eigenvalue weighted by molar-refractivity contribution is 0.414. The maximum absolute atomic E-state index is 12.0. The monoisotopic (exact) mass is 247 g/mol. The number of hydrogen-bond donors (Lipinski definition) is 1. The second kappa shape index (κ2) is 6.60. The predicted octanol–water partition coefficient (Wildman–Crippen LogP) is 2.12. The molecule has 2 atom stereocenters. The zero-order valence-electron chi connectivity index (χ0n) is 10.5. The third-order valence-corrected chi connectivity index (χ3v) is 5.76. The molecule has 0 aliphatic carbocycles. The fourth-order valence-electron chi connectivity index (χ4n) is 2.54. The summed E-state index contributed by atoms with van der Waals surface area (Å²) in [6, 6.07) is 0.176. The summed E-state index contributed by atoms with van der Waals surface area (Å²) in [6.45, 7) is 5.06. The Kier molecular flexibility index (Phi) is 5.76. The third-order valence-electron chi connectivity index (χ3n) is 3.41. The lowest BCUT2D eigenvalue weighted by Gasteiger charge is -2.30. The van der Waals surface area contributed by atoms with E-state index < -0.39 is 9.84 Å². The van der Waals surface area contributed by atoms with E-state index in [2.05, 4.69) is 12.2 Å². The normalized spacial score (nSPS) is 26.5. The molecule has 16 heavy (non-hydrogen) atoms. The maximum atomic E-state index is 12.0. The molecule has 0 aromatic heterocycles. The van der Waals surface area contributed by atoms with Crippen LogP contribution < -0.4 is 5.32 Å². The Labute approximate surface area is 99.9 Å². The molecular weight excluding hydrogens is 222 g/mol. The minimum absolute atomic E-state index is 0.132. The van der Waals surface area contributed by atoms with Crippen LogP contribution in [0.25, 0.3) is 0 Å². The Bertz CT molecular complexity index is 287. The van der Waals surface area contributed by atoms with Gasteiger partial charge in [0.1, 0.15) is 0 Å². The Morgan fingerprint density at radius 3 is 2.62 bits per heavy atom. The molecule has 0 amide bonds. The van der Waals surface area contributed by atoms with Gasteiger partial charge in [0.05, 0.1) is 11.0 Å². The standard InChI is InChI=1S/C12H25NO2S/c1-3-5-8-11(13-4-2)12-9-6-7-10-16(12,14)15/h11-13H,3-10H2,1-2H3. The topological polar surface area (TPSA) is 46.2 Å². The lowest BCUT2D eigenvalue weighted by atomic mass is 10.0. The molecule has 2 unspecified atom stereocenters. The highest BCUT2D eigenvalue weighted by molar-refractivity contribution is 7.92.